The first-order valence-electron chi connectivity index (χ1n) is 8.90. The van der Waals surface area contributed by atoms with Crippen molar-refractivity contribution in [2.24, 2.45) is 0 Å². The molecule has 1 unspecified atom stereocenters. The summed E-state index contributed by atoms with van der Waals surface area (Å²) >= 11 is 0. The number of hydrogen-bond acceptors (Lipinski definition) is 6. The van der Waals surface area contributed by atoms with Crippen molar-refractivity contribution in [3.63, 3.8) is 0 Å². The van der Waals surface area contributed by atoms with Crippen LogP contribution in [0.4, 0.5) is 13.2 Å². The average molecular weight is 411 g/mol. The van der Waals surface area contributed by atoms with Gasteiger partial charge in [0, 0.05) is 12.7 Å². The standard InChI is InChI=1S/C19H20F3N3O4/c1-27-14-7-3-6-13(16(14)28-2)17(26)25-10-4-5-12(11-25)29-18-23-9-8-15(24-18)19(20,21)22/h3,6-9,12H,4-5,10-11H2,1-2H3. The van der Waals surface area contributed by atoms with Gasteiger partial charge in [0.15, 0.2) is 17.2 Å². The maximum Gasteiger partial charge on any atom is 0.433 e. The molecule has 2 heterocycles. The van der Waals surface area contributed by atoms with Gasteiger partial charge in [0.2, 0.25) is 0 Å². The third-order valence-electron chi connectivity index (χ3n) is 4.49. The van der Waals surface area contributed by atoms with Crippen LogP contribution >= 0.6 is 0 Å². The molecule has 156 valence electrons. The van der Waals surface area contributed by atoms with Crippen LogP contribution in [-0.4, -0.2) is 54.2 Å². The second-order valence-electron chi connectivity index (χ2n) is 6.40. The molecule has 3 rings (SSSR count). The number of likely N-dealkylation sites (tertiary alicyclic amines) is 1. The van der Waals surface area contributed by atoms with Gasteiger partial charge >= 0.3 is 12.2 Å². The highest BCUT2D eigenvalue weighted by Crippen LogP contribution is 2.32. The van der Waals surface area contributed by atoms with Gasteiger partial charge < -0.3 is 19.1 Å². The predicted molar refractivity (Wildman–Crippen MR) is 96.1 cm³/mol. The van der Waals surface area contributed by atoms with E-state index in [9.17, 15) is 18.0 Å². The fourth-order valence-electron chi connectivity index (χ4n) is 3.15. The highest BCUT2D eigenvalue weighted by molar-refractivity contribution is 5.98. The maximum atomic E-state index is 13.0. The van der Waals surface area contributed by atoms with Gasteiger partial charge in [-0.25, -0.2) is 4.98 Å². The molecule has 1 aromatic carbocycles. The average Bonchev–Trinajstić information content (AvgIpc) is 2.72. The lowest BCUT2D eigenvalue weighted by molar-refractivity contribution is -0.141. The van der Waals surface area contributed by atoms with Gasteiger partial charge in [-0.3, -0.25) is 4.79 Å². The Labute approximate surface area is 165 Å². The van der Waals surface area contributed by atoms with Crippen LogP contribution in [0.5, 0.6) is 17.5 Å². The molecule has 1 fully saturated rings. The van der Waals surface area contributed by atoms with E-state index in [-0.39, 0.29) is 18.5 Å². The van der Waals surface area contributed by atoms with Crippen LogP contribution in [0.1, 0.15) is 28.9 Å². The van der Waals surface area contributed by atoms with E-state index >= 15 is 0 Å². The fourth-order valence-corrected chi connectivity index (χ4v) is 3.15. The van der Waals surface area contributed by atoms with E-state index < -0.39 is 18.0 Å². The molecule has 0 N–H and O–H groups in total. The zero-order chi connectivity index (χ0) is 21.0. The van der Waals surface area contributed by atoms with E-state index in [1.54, 1.807) is 23.1 Å². The summed E-state index contributed by atoms with van der Waals surface area (Å²) in [5.41, 5.74) is -0.741. The molecule has 1 saturated heterocycles. The molecule has 2 aromatic rings. The van der Waals surface area contributed by atoms with Crippen LogP contribution < -0.4 is 14.2 Å². The van der Waals surface area contributed by atoms with Crippen molar-refractivity contribution < 1.29 is 32.2 Å². The Bertz CT molecular complexity index is 876. The molecule has 1 amide bonds. The lowest BCUT2D eigenvalue weighted by Gasteiger charge is -2.32. The number of alkyl halides is 3. The first-order chi connectivity index (χ1) is 13.8. The minimum absolute atomic E-state index is 0.193. The van der Waals surface area contributed by atoms with Gasteiger partial charge in [-0.2, -0.15) is 18.2 Å². The van der Waals surface area contributed by atoms with Crippen LogP contribution in [0.15, 0.2) is 30.5 Å². The normalized spacial score (nSPS) is 17.0. The number of para-hydroxylation sites is 1. The summed E-state index contributed by atoms with van der Waals surface area (Å²) < 4.78 is 54.5. The van der Waals surface area contributed by atoms with Crippen LogP contribution in [0.2, 0.25) is 0 Å². The molecule has 1 aromatic heterocycles. The van der Waals surface area contributed by atoms with Crippen LogP contribution in [0, 0.1) is 0 Å². The number of benzene rings is 1. The van der Waals surface area contributed by atoms with Gasteiger partial charge in [-0.1, -0.05) is 6.07 Å². The van der Waals surface area contributed by atoms with E-state index in [1.165, 1.54) is 14.2 Å². The lowest BCUT2D eigenvalue weighted by atomic mass is 10.1. The zero-order valence-corrected chi connectivity index (χ0v) is 15.9. The summed E-state index contributed by atoms with van der Waals surface area (Å²) in [6.07, 6.45) is -2.91. The number of carbonyl (C=O) groups excluding carboxylic acids is 1. The van der Waals surface area contributed by atoms with E-state index in [0.29, 0.717) is 36.4 Å². The largest absolute Gasteiger partial charge is 0.493 e. The Morgan fingerprint density at radius 2 is 2.00 bits per heavy atom. The number of carbonyl (C=O) groups is 1. The molecule has 7 nitrogen and oxygen atoms in total. The van der Waals surface area contributed by atoms with E-state index in [4.69, 9.17) is 14.2 Å². The molecule has 1 aliphatic rings. The van der Waals surface area contributed by atoms with Gasteiger partial charge in [-0.15, -0.1) is 0 Å². The van der Waals surface area contributed by atoms with E-state index in [1.807, 2.05) is 0 Å². The van der Waals surface area contributed by atoms with E-state index in [2.05, 4.69) is 9.97 Å². The Morgan fingerprint density at radius 3 is 2.69 bits per heavy atom. The van der Waals surface area contributed by atoms with Crippen LogP contribution in [0.25, 0.3) is 0 Å². The van der Waals surface area contributed by atoms with Crippen molar-refractivity contribution in [2.45, 2.75) is 25.1 Å². The summed E-state index contributed by atoms with van der Waals surface area (Å²) in [6, 6.07) is 5.41. The Balaban J connectivity index is 1.74. The number of amides is 1. The first kappa shape index (κ1) is 20.7. The quantitative estimate of drug-likeness (QED) is 0.752. The van der Waals surface area contributed by atoms with Gasteiger partial charge in [0.05, 0.1) is 26.3 Å². The Morgan fingerprint density at radius 1 is 1.21 bits per heavy atom. The van der Waals surface area contributed by atoms with Crippen LogP contribution in [0.3, 0.4) is 0 Å². The van der Waals surface area contributed by atoms with Gasteiger partial charge in [0.25, 0.3) is 5.91 Å². The number of rotatable bonds is 5. The van der Waals surface area contributed by atoms with Crippen molar-refractivity contribution in [1.29, 1.82) is 0 Å². The molecule has 1 atom stereocenters. The summed E-state index contributed by atoms with van der Waals surface area (Å²) in [5, 5.41) is 0. The lowest BCUT2D eigenvalue weighted by Crippen LogP contribution is -2.44. The number of piperidine rings is 1. The molecular weight excluding hydrogens is 391 g/mol. The predicted octanol–water partition coefficient (Wildman–Crippen LogP) is 3.20. The number of ether oxygens (including phenoxy) is 3. The molecule has 0 bridgehead atoms. The number of halogens is 3. The number of aromatic nitrogens is 2. The molecule has 0 saturated carbocycles. The highest BCUT2D eigenvalue weighted by Gasteiger charge is 2.34. The molecule has 29 heavy (non-hydrogen) atoms. The molecule has 0 radical (unpaired) electrons. The van der Waals surface area contributed by atoms with Gasteiger partial charge in [0.1, 0.15) is 6.10 Å². The molecule has 0 spiro atoms. The maximum absolute atomic E-state index is 13.0. The zero-order valence-electron chi connectivity index (χ0n) is 15.9. The highest BCUT2D eigenvalue weighted by atomic mass is 19.4. The topological polar surface area (TPSA) is 73.8 Å². The van der Waals surface area contributed by atoms with Crippen molar-refractivity contribution >= 4 is 5.91 Å². The van der Waals surface area contributed by atoms with Gasteiger partial charge in [-0.05, 0) is 31.0 Å². The Kier molecular flexibility index (Phi) is 6.09. The second kappa shape index (κ2) is 8.54. The van der Waals surface area contributed by atoms with Crippen LogP contribution in [-0.2, 0) is 6.18 Å². The summed E-state index contributed by atoms with van der Waals surface area (Å²) in [4.78, 5) is 21.7. The fraction of sp³-hybridized carbons (Fsp3) is 0.421. The first-order valence-corrected chi connectivity index (χ1v) is 8.90. The SMILES string of the molecule is COc1cccc(C(=O)N2CCCC(Oc3nccc(C(F)(F)F)n3)C2)c1OC. The molecular formula is C19H20F3N3O4. The monoisotopic (exact) mass is 411 g/mol. The van der Waals surface area contributed by atoms with Crippen molar-refractivity contribution in [2.75, 3.05) is 27.3 Å². The molecule has 10 heteroatoms. The third kappa shape index (κ3) is 4.69. The smallest absolute Gasteiger partial charge is 0.433 e. The minimum atomic E-state index is -4.58. The molecule has 0 aliphatic carbocycles. The number of hydrogen-bond donors (Lipinski definition) is 0. The minimum Gasteiger partial charge on any atom is -0.493 e. The third-order valence-corrected chi connectivity index (χ3v) is 4.49. The summed E-state index contributed by atoms with van der Waals surface area (Å²) in [7, 11) is 2.92. The number of nitrogens with zero attached hydrogens (tertiary/aromatic N) is 3. The van der Waals surface area contributed by atoms with Crippen molar-refractivity contribution in [1.82, 2.24) is 14.9 Å². The Hall–Kier alpha value is -3.04. The van der Waals surface area contributed by atoms with Crippen molar-refractivity contribution in [3.05, 3.63) is 41.7 Å². The second-order valence-corrected chi connectivity index (χ2v) is 6.40. The molecule has 1 aliphatic heterocycles. The van der Waals surface area contributed by atoms with E-state index in [0.717, 1.165) is 12.3 Å². The summed E-state index contributed by atoms with van der Waals surface area (Å²) in [6.45, 7) is 0.682. The van der Waals surface area contributed by atoms with Crippen molar-refractivity contribution in [3.8, 4) is 17.5 Å². The summed E-state index contributed by atoms with van der Waals surface area (Å²) in [5.74, 6) is 0.476. The number of methoxy groups -OCH3 is 2.